The van der Waals surface area contributed by atoms with E-state index in [1.165, 1.54) is 0 Å². The maximum absolute atomic E-state index is 10.8. The Bertz CT molecular complexity index is 198. The van der Waals surface area contributed by atoms with Crippen LogP contribution in [0.25, 0.3) is 0 Å². The van der Waals surface area contributed by atoms with E-state index in [0.29, 0.717) is 18.9 Å². The van der Waals surface area contributed by atoms with E-state index in [0.717, 1.165) is 19.6 Å². The van der Waals surface area contributed by atoms with Crippen LogP contribution in [-0.2, 0) is 9.53 Å². The molecular weight excluding hydrogens is 206 g/mol. The predicted octanol–water partition coefficient (Wildman–Crippen LogP) is -0.206. The Morgan fingerprint density at radius 3 is 2.44 bits per heavy atom. The minimum Gasteiger partial charge on any atom is -0.383 e. The van der Waals surface area contributed by atoms with Gasteiger partial charge in [-0.3, -0.25) is 4.79 Å². The van der Waals surface area contributed by atoms with Crippen molar-refractivity contribution in [2.75, 3.05) is 33.4 Å². The zero-order chi connectivity index (χ0) is 12.6. The monoisotopic (exact) mass is 231 g/mol. The van der Waals surface area contributed by atoms with Gasteiger partial charge in [-0.15, -0.1) is 0 Å². The molecule has 0 spiro atoms. The topological polar surface area (TPSA) is 81.6 Å². The fourth-order valence-electron chi connectivity index (χ4n) is 1.50. The summed E-state index contributed by atoms with van der Waals surface area (Å²) in [5.74, 6) is 0.151. The summed E-state index contributed by atoms with van der Waals surface area (Å²) in [6, 6.07) is -0.544. The van der Waals surface area contributed by atoms with Gasteiger partial charge in [0.1, 0.15) is 0 Å². The maximum Gasteiger partial charge on any atom is 0.234 e. The Hall–Kier alpha value is -0.650. The molecule has 0 aromatic rings. The molecule has 0 saturated heterocycles. The molecule has 0 bridgehead atoms. The van der Waals surface area contributed by atoms with Crippen molar-refractivity contribution in [1.29, 1.82) is 0 Å². The van der Waals surface area contributed by atoms with E-state index in [1.807, 2.05) is 0 Å². The number of nitrogens with two attached hydrogens (primary N) is 2. The largest absolute Gasteiger partial charge is 0.383 e. The molecule has 0 aromatic heterocycles. The van der Waals surface area contributed by atoms with Crippen LogP contribution in [0.4, 0.5) is 0 Å². The second-order valence-electron chi connectivity index (χ2n) is 4.48. The lowest BCUT2D eigenvalue weighted by molar-refractivity contribution is -0.119. The van der Waals surface area contributed by atoms with Crippen LogP contribution in [0.2, 0.25) is 0 Å². The molecule has 1 amide bonds. The first kappa shape index (κ1) is 15.3. The standard InChI is InChI=1S/C11H25N3O2/c1-9(2)8-14(6-7-16-3)5-4-10(12)11(13)15/h9-10H,4-8,12H2,1-3H3,(H2,13,15). The summed E-state index contributed by atoms with van der Waals surface area (Å²) in [7, 11) is 1.68. The first-order valence-electron chi connectivity index (χ1n) is 5.73. The molecule has 0 aliphatic heterocycles. The fraction of sp³-hybridized carbons (Fsp3) is 0.909. The van der Waals surface area contributed by atoms with Gasteiger partial charge in [-0.2, -0.15) is 0 Å². The molecule has 0 rings (SSSR count). The maximum atomic E-state index is 10.8. The third kappa shape index (κ3) is 7.62. The SMILES string of the molecule is COCCN(CCC(N)C(N)=O)CC(C)C. The van der Waals surface area contributed by atoms with Crippen LogP contribution in [-0.4, -0.2) is 50.2 Å². The highest BCUT2D eigenvalue weighted by Crippen LogP contribution is 2.01. The normalized spacial score (nSPS) is 13.4. The van der Waals surface area contributed by atoms with Gasteiger partial charge in [-0.1, -0.05) is 13.8 Å². The highest BCUT2D eigenvalue weighted by molar-refractivity contribution is 5.79. The number of hydrogen-bond acceptors (Lipinski definition) is 4. The number of nitrogens with zero attached hydrogens (tertiary/aromatic N) is 1. The first-order chi connectivity index (χ1) is 7.47. The van der Waals surface area contributed by atoms with Crippen molar-refractivity contribution in [2.45, 2.75) is 26.3 Å². The molecule has 1 atom stereocenters. The van der Waals surface area contributed by atoms with Crippen molar-refractivity contribution < 1.29 is 9.53 Å². The van der Waals surface area contributed by atoms with Crippen LogP contribution in [0.5, 0.6) is 0 Å². The Labute approximate surface area is 98.1 Å². The van der Waals surface area contributed by atoms with Crippen LogP contribution in [0.3, 0.4) is 0 Å². The van der Waals surface area contributed by atoms with Crippen molar-refractivity contribution in [3.05, 3.63) is 0 Å². The number of rotatable bonds is 9. The number of primary amides is 1. The minimum absolute atomic E-state index is 0.434. The van der Waals surface area contributed by atoms with E-state index in [4.69, 9.17) is 16.2 Å². The minimum atomic E-state index is -0.544. The average molecular weight is 231 g/mol. The quantitative estimate of drug-likeness (QED) is 0.575. The molecule has 0 aromatic carbocycles. The van der Waals surface area contributed by atoms with Crippen LogP contribution < -0.4 is 11.5 Å². The van der Waals surface area contributed by atoms with Crippen molar-refractivity contribution >= 4 is 5.91 Å². The molecule has 1 unspecified atom stereocenters. The van der Waals surface area contributed by atoms with Gasteiger partial charge in [0.15, 0.2) is 0 Å². The van der Waals surface area contributed by atoms with Gasteiger partial charge in [-0.05, 0) is 12.3 Å². The van der Waals surface area contributed by atoms with E-state index in [-0.39, 0.29) is 0 Å². The third-order valence-corrected chi connectivity index (χ3v) is 2.36. The number of carbonyl (C=O) groups excluding carboxylic acids is 1. The van der Waals surface area contributed by atoms with Gasteiger partial charge >= 0.3 is 0 Å². The van der Waals surface area contributed by atoms with Crippen LogP contribution in [0.1, 0.15) is 20.3 Å². The summed E-state index contributed by atoms with van der Waals surface area (Å²) in [6.07, 6.45) is 0.603. The molecule has 5 nitrogen and oxygen atoms in total. The highest BCUT2D eigenvalue weighted by Gasteiger charge is 2.12. The molecule has 16 heavy (non-hydrogen) atoms. The lowest BCUT2D eigenvalue weighted by Crippen LogP contribution is -2.41. The highest BCUT2D eigenvalue weighted by atomic mass is 16.5. The van der Waals surface area contributed by atoms with Crippen LogP contribution in [0, 0.1) is 5.92 Å². The zero-order valence-corrected chi connectivity index (χ0v) is 10.6. The Kier molecular flexibility index (Phi) is 8.15. The van der Waals surface area contributed by atoms with Gasteiger partial charge in [0, 0.05) is 26.7 Å². The smallest absolute Gasteiger partial charge is 0.234 e. The molecule has 96 valence electrons. The van der Waals surface area contributed by atoms with Crippen molar-refractivity contribution in [1.82, 2.24) is 4.90 Å². The number of ether oxygens (including phenoxy) is 1. The van der Waals surface area contributed by atoms with Crippen LogP contribution in [0.15, 0.2) is 0 Å². The summed E-state index contributed by atoms with van der Waals surface area (Å²) in [6.45, 7) is 7.64. The summed E-state index contributed by atoms with van der Waals surface area (Å²) in [5.41, 5.74) is 10.7. The van der Waals surface area contributed by atoms with E-state index < -0.39 is 11.9 Å². The second kappa shape index (κ2) is 8.50. The number of amides is 1. The van der Waals surface area contributed by atoms with Gasteiger partial charge in [0.05, 0.1) is 12.6 Å². The fourth-order valence-corrected chi connectivity index (χ4v) is 1.50. The first-order valence-corrected chi connectivity index (χ1v) is 5.73. The zero-order valence-electron chi connectivity index (χ0n) is 10.6. The van der Waals surface area contributed by atoms with E-state index >= 15 is 0 Å². The summed E-state index contributed by atoms with van der Waals surface area (Å²) < 4.78 is 5.04. The van der Waals surface area contributed by atoms with Crippen molar-refractivity contribution in [3.63, 3.8) is 0 Å². The van der Waals surface area contributed by atoms with Gasteiger partial charge in [-0.25, -0.2) is 0 Å². The predicted molar refractivity (Wildman–Crippen MR) is 64.9 cm³/mol. The second-order valence-corrected chi connectivity index (χ2v) is 4.48. The Morgan fingerprint density at radius 1 is 1.38 bits per heavy atom. The lowest BCUT2D eigenvalue weighted by Gasteiger charge is -2.24. The molecule has 4 N–H and O–H groups in total. The molecule has 0 aliphatic rings. The summed E-state index contributed by atoms with van der Waals surface area (Å²) >= 11 is 0. The molecule has 0 radical (unpaired) electrons. The number of methoxy groups -OCH3 is 1. The van der Waals surface area contributed by atoms with Gasteiger partial charge in [0.25, 0.3) is 0 Å². The Balaban J connectivity index is 3.94. The van der Waals surface area contributed by atoms with Gasteiger partial charge in [0.2, 0.25) is 5.91 Å². The van der Waals surface area contributed by atoms with Crippen molar-refractivity contribution in [2.24, 2.45) is 17.4 Å². The van der Waals surface area contributed by atoms with Gasteiger partial charge < -0.3 is 21.1 Å². The molecule has 0 aliphatic carbocycles. The lowest BCUT2D eigenvalue weighted by atomic mass is 10.1. The number of carbonyl (C=O) groups is 1. The molecule has 0 heterocycles. The molecule has 5 heteroatoms. The third-order valence-electron chi connectivity index (χ3n) is 2.36. The summed E-state index contributed by atoms with van der Waals surface area (Å²) in [4.78, 5) is 13.0. The molecular formula is C11H25N3O2. The van der Waals surface area contributed by atoms with E-state index in [9.17, 15) is 4.79 Å². The van der Waals surface area contributed by atoms with E-state index in [1.54, 1.807) is 7.11 Å². The van der Waals surface area contributed by atoms with E-state index in [2.05, 4.69) is 18.7 Å². The summed E-state index contributed by atoms with van der Waals surface area (Å²) in [5, 5.41) is 0. The van der Waals surface area contributed by atoms with Crippen LogP contribution >= 0.6 is 0 Å². The van der Waals surface area contributed by atoms with Crippen molar-refractivity contribution in [3.8, 4) is 0 Å². The molecule has 0 fully saturated rings. The molecule has 0 saturated carbocycles. The average Bonchev–Trinajstić information content (AvgIpc) is 2.20. The number of hydrogen-bond donors (Lipinski definition) is 2. The Morgan fingerprint density at radius 2 is 2.00 bits per heavy atom.